The van der Waals surface area contributed by atoms with Gasteiger partial charge in [-0.05, 0) is 61.1 Å². The summed E-state index contributed by atoms with van der Waals surface area (Å²) >= 11 is 3.65. The summed E-state index contributed by atoms with van der Waals surface area (Å²) in [5, 5.41) is 3.65. The van der Waals surface area contributed by atoms with Crippen molar-refractivity contribution in [1.82, 2.24) is 0 Å². The zero-order valence-corrected chi connectivity index (χ0v) is 14.0. The molecule has 0 bridgehead atoms. The van der Waals surface area contributed by atoms with Gasteiger partial charge < -0.3 is 10.1 Å². The van der Waals surface area contributed by atoms with Crippen LogP contribution in [0.5, 0.6) is 5.75 Å². The molecule has 110 valence electrons. The Morgan fingerprint density at radius 2 is 1.90 bits per heavy atom. The second-order valence-corrected chi connectivity index (χ2v) is 6.57. The molecule has 21 heavy (non-hydrogen) atoms. The predicted octanol–water partition coefficient (Wildman–Crippen LogP) is 5.12. The second kappa shape index (κ2) is 6.10. The Labute approximate surface area is 134 Å². The lowest BCUT2D eigenvalue weighted by Crippen LogP contribution is -2.34. The lowest BCUT2D eigenvalue weighted by molar-refractivity contribution is 0.373. The summed E-state index contributed by atoms with van der Waals surface area (Å²) in [5.74, 6) is 1.58. The van der Waals surface area contributed by atoms with Crippen LogP contribution in [-0.2, 0) is 0 Å². The van der Waals surface area contributed by atoms with E-state index in [2.05, 4.69) is 64.6 Å². The number of anilines is 1. The average Bonchev–Trinajstić information content (AvgIpc) is 2.45. The fourth-order valence-corrected chi connectivity index (χ4v) is 3.55. The third kappa shape index (κ3) is 3.08. The molecule has 3 heteroatoms. The van der Waals surface area contributed by atoms with E-state index in [0.29, 0.717) is 12.0 Å². The molecule has 2 aromatic rings. The molecule has 1 saturated carbocycles. The molecule has 1 fully saturated rings. The summed E-state index contributed by atoms with van der Waals surface area (Å²) in [6.07, 6.45) is 2.38. The van der Waals surface area contributed by atoms with Crippen LogP contribution < -0.4 is 10.1 Å². The minimum atomic E-state index is 0.564. The molecule has 3 rings (SSSR count). The number of benzene rings is 2. The highest BCUT2D eigenvalue weighted by Crippen LogP contribution is 2.41. The number of hydrogen-bond acceptors (Lipinski definition) is 2. The van der Waals surface area contributed by atoms with Crippen LogP contribution in [0, 0.1) is 6.92 Å². The molecule has 1 N–H and O–H groups in total. The molecule has 0 amide bonds. The van der Waals surface area contributed by atoms with Gasteiger partial charge in [-0.15, -0.1) is 0 Å². The molecule has 0 aliphatic heterocycles. The monoisotopic (exact) mass is 345 g/mol. The van der Waals surface area contributed by atoms with Gasteiger partial charge in [0.15, 0.2) is 0 Å². The molecule has 0 heterocycles. The molecule has 0 unspecified atom stereocenters. The van der Waals surface area contributed by atoms with Crippen LogP contribution in [0.15, 0.2) is 46.9 Å². The molecule has 2 nitrogen and oxygen atoms in total. The van der Waals surface area contributed by atoms with Crippen LogP contribution in [0.3, 0.4) is 0 Å². The summed E-state index contributed by atoms with van der Waals surface area (Å²) in [4.78, 5) is 0. The van der Waals surface area contributed by atoms with E-state index in [1.807, 2.05) is 6.07 Å². The maximum Gasteiger partial charge on any atom is 0.119 e. The quantitative estimate of drug-likeness (QED) is 0.829. The molecule has 1 aliphatic carbocycles. The molecule has 0 spiro atoms. The SMILES string of the molecule is COc1ccc(NC2CC(c3ccccc3Br)C2)c(C)c1. The summed E-state index contributed by atoms with van der Waals surface area (Å²) < 4.78 is 6.48. The molecule has 0 saturated heterocycles. The summed E-state index contributed by atoms with van der Waals surface area (Å²) in [6, 6.07) is 15.3. The number of halogens is 1. The van der Waals surface area contributed by atoms with Gasteiger partial charge >= 0.3 is 0 Å². The van der Waals surface area contributed by atoms with Crippen LogP contribution in [0.4, 0.5) is 5.69 Å². The molecular weight excluding hydrogens is 326 g/mol. The van der Waals surface area contributed by atoms with Gasteiger partial charge in [0, 0.05) is 16.2 Å². The Bertz CT molecular complexity index is 635. The van der Waals surface area contributed by atoms with Crippen molar-refractivity contribution in [3.05, 3.63) is 58.1 Å². The molecule has 2 aromatic carbocycles. The standard InChI is InChI=1S/C18H20BrNO/c1-12-9-15(21-2)7-8-18(12)20-14-10-13(11-14)16-5-3-4-6-17(16)19/h3-9,13-14,20H,10-11H2,1-2H3. The average molecular weight is 346 g/mol. The first-order valence-corrected chi connectivity index (χ1v) is 8.12. The fourth-order valence-electron chi connectivity index (χ4n) is 2.94. The van der Waals surface area contributed by atoms with E-state index < -0.39 is 0 Å². The van der Waals surface area contributed by atoms with Crippen molar-refractivity contribution < 1.29 is 4.74 Å². The van der Waals surface area contributed by atoms with Crippen molar-refractivity contribution >= 4 is 21.6 Å². The number of nitrogens with one attached hydrogen (secondary N) is 1. The van der Waals surface area contributed by atoms with Gasteiger partial charge in [0.05, 0.1) is 7.11 Å². The maximum absolute atomic E-state index is 5.25. The Morgan fingerprint density at radius 1 is 1.14 bits per heavy atom. The number of methoxy groups -OCH3 is 1. The predicted molar refractivity (Wildman–Crippen MR) is 91.3 cm³/mol. The van der Waals surface area contributed by atoms with Crippen molar-refractivity contribution in [3.8, 4) is 5.75 Å². The molecule has 0 atom stereocenters. The highest BCUT2D eigenvalue weighted by Gasteiger charge is 2.31. The molecular formula is C18H20BrNO. The number of ether oxygens (including phenoxy) is 1. The lowest BCUT2D eigenvalue weighted by atomic mass is 9.76. The van der Waals surface area contributed by atoms with Crippen LogP contribution in [0.1, 0.15) is 29.9 Å². The summed E-state index contributed by atoms with van der Waals surface area (Å²) in [7, 11) is 1.70. The van der Waals surface area contributed by atoms with Crippen LogP contribution in [0.25, 0.3) is 0 Å². The zero-order chi connectivity index (χ0) is 14.8. The topological polar surface area (TPSA) is 21.3 Å². The minimum Gasteiger partial charge on any atom is -0.497 e. The third-order valence-electron chi connectivity index (χ3n) is 4.28. The smallest absolute Gasteiger partial charge is 0.119 e. The zero-order valence-electron chi connectivity index (χ0n) is 12.4. The second-order valence-electron chi connectivity index (χ2n) is 5.71. The van der Waals surface area contributed by atoms with Crippen LogP contribution in [0.2, 0.25) is 0 Å². The van der Waals surface area contributed by atoms with Gasteiger partial charge in [-0.1, -0.05) is 34.1 Å². The van der Waals surface area contributed by atoms with Gasteiger partial charge in [-0.3, -0.25) is 0 Å². The first-order chi connectivity index (χ1) is 10.2. The van der Waals surface area contributed by atoms with Gasteiger partial charge in [-0.2, -0.15) is 0 Å². The third-order valence-corrected chi connectivity index (χ3v) is 5.00. The van der Waals surface area contributed by atoms with E-state index >= 15 is 0 Å². The van der Waals surface area contributed by atoms with Gasteiger partial charge in [-0.25, -0.2) is 0 Å². The van der Waals surface area contributed by atoms with E-state index in [0.717, 1.165) is 5.75 Å². The minimum absolute atomic E-state index is 0.564. The highest BCUT2D eigenvalue weighted by molar-refractivity contribution is 9.10. The Kier molecular flexibility index (Phi) is 4.20. The number of hydrogen-bond donors (Lipinski definition) is 1. The summed E-state index contributed by atoms with van der Waals surface area (Å²) in [5.41, 5.74) is 3.88. The normalized spacial score (nSPS) is 20.7. The fraction of sp³-hybridized carbons (Fsp3) is 0.333. The van der Waals surface area contributed by atoms with E-state index in [4.69, 9.17) is 4.74 Å². The lowest BCUT2D eigenvalue weighted by Gasteiger charge is -2.37. The maximum atomic E-state index is 5.25. The van der Waals surface area contributed by atoms with Crippen LogP contribution in [-0.4, -0.2) is 13.2 Å². The van der Waals surface area contributed by atoms with E-state index in [1.54, 1.807) is 7.11 Å². The number of rotatable bonds is 4. The van der Waals surface area contributed by atoms with Crippen molar-refractivity contribution in [2.45, 2.75) is 31.7 Å². The molecule has 0 radical (unpaired) electrons. The first kappa shape index (κ1) is 14.5. The van der Waals surface area contributed by atoms with Gasteiger partial charge in [0.25, 0.3) is 0 Å². The molecule has 0 aromatic heterocycles. The Hall–Kier alpha value is -1.48. The van der Waals surface area contributed by atoms with E-state index in [1.165, 1.54) is 34.1 Å². The van der Waals surface area contributed by atoms with E-state index in [9.17, 15) is 0 Å². The van der Waals surface area contributed by atoms with Crippen LogP contribution >= 0.6 is 15.9 Å². The largest absolute Gasteiger partial charge is 0.497 e. The highest BCUT2D eigenvalue weighted by atomic mass is 79.9. The van der Waals surface area contributed by atoms with Gasteiger partial charge in [0.2, 0.25) is 0 Å². The summed E-state index contributed by atoms with van der Waals surface area (Å²) in [6.45, 7) is 2.12. The Morgan fingerprint density at radius 3 is 2.57 bits per heavy atom. The van der Waals surface area contributed by atoms with Crippen molar-refractivity contribution in [2.75, 3.05) is 12.4 Å². The van der Waals surface area contributed by atoms with E-state index in [-0.39, 0.29) is 0 Å². The first-order valence-electron chi connectivity index (χ1n) is 7.33. The van der Waals surface area contributed by atoms with Crippen molar-refractivity contribution in [3.63, 3.8) is 0 Å². The van der Waals surface area contributed by atoms with Crippen molar-refractivity contribution in [2.24, 2.45) is 0 Å². The van der Waals surface area contributed by atoms with Gasteiger partial charge in [0.1, 0.15) is 5.75 Å². The van der Waals surface area contributed by atoms with Crippen molar-refractivity contribution in [1.29, 1.82) is 0 Å². The number of aryl methyl sites for hydroxylation is 1. The molecule has 1 aliphatic rings. The Balaban J connectivity index is 1.61.